The molecule has 1 aromatic heterocycles. The van der Waals surface area contributed by atoms with E-state index in [2.05, 4.69) is 15.6 Å². The molecule has 1 aromatic carbocycles. The monoisotopic (exact) mass is 303 g/mol. The largest absolute Gasteiger partial charge is 0.508 e. The van der Waals surface area contributed by atoms with Gasteiger partial charge in [-0.2, -0.15) is 10.2 Å². The van der Waals surface area contributed by atoms with Crippen LogP contribution < -0.4 is 5.43 Å². The zero-order valence-electron chi connectivity index (χ0n) is 11.6. The smallest absolute Gasteiger partial charge is 0.307 e. The van der Waals surface area contributed by atoms with Gasteiger partial charge in [-0.15, -0.1) is 0 Å². The van der Waals surface area contributed by atoms with Crippen LogP contribution in [0.15, 0.2) is 41.8 Å². The first-order valence-electron chi connectivity index (χ1n) is 6.25. The van der Waals surface area contributed by atoms with Crippen LogP contribution in [-0.2, 0) is 11.3 Å². The molecule has 0 spiro atoms. The van der Waals surface area contributed by atoms with Crippen LogP contribution in [0.4, 0.5) is 5.69 Å². The van der Waals surface area contributed by atoms with Crippen molar-refractivity contribution in [2.75, 3.05) is 0 Å². The number of hydrazone groups is 1. The highest BCUT2D eigenvalue weighted by molar-refractivity contribution is 5.99. The van der Waals surface area contributed by atoms with Gasteiger partial charge in [0.1, 0.15) is 24.7 Å². The van der Waals surface area contributed by atoms with Gasteiger partial charge in [0.25, 0.3) is 5.91 Å². The molecule has 0 aliphatic heterocycles. The Kier molecular flexibility index (Phi) is 4.47. The lowest BCUT2D eigenvalue weighted by Crippen LogP contribution is -2.24. The Bertz CT molecular complexity index is 720. The van der Waals surface area contributed by atoms with Crippen LogP contribution in [0.2, 0.25) is 0 Å². The molecule has 1 amide bonds. The topological polar surface area (TPSA) is 123 Å². The normalized spacial score (nSPS) is 11.2. The van der Waals surface area contributed by atoms with Crippen LogP contribution in [0.25, 0.3) is 0 Å². The fourth-order valence-corrected chi connectivity index (χ4v) is 1.63. The summed E-state index contributed by atoms with van der Waals surface area (Å²) in [5, 5.41) is 27.3. The van der Waals surface area contributed by atoms with Crippen LogP contribution >= 0.6 is 0 Å². The van der Waals surface area contributed by atoms with Gasteiger partial charge >= 0.3 is 5.69 Å². The molecule has 0 aliphatic carbocycles. The third-order valence-electron chi connectivity index (χ3n) is 2.77. The Morgan fingerprint density at radius 2 is 2.14 bits per heavy atom. The molecule has 2 aromatic rings. The SMILES string of the molecule is C/C(=N/NC(=O)Cn1cc([N+](=O)[O-])cn1)c1ccc(O)cc1. The maximum atomic E-state index is 11.7. The maximum absolute atomic E-state index is 11.7. The minimum absolute atomic E-state index is 0.140. The number of nitrogens with zero attached hydrogens (tertiary/aromatic N) is 4. The summed E-state index contributed by atoms with van der Waals surface area (Å²) in [6.45, 7) is 1.52. The molecule has 22 heavy (non-hydrogen) atoms. The van der Waals surface area contributed by atoms with Gasteiger partial charge in [-0.05, 0) is 36.8 Å². The molecule has 9 heteroatoms. The number of hydrogen-bond acceptors (Lipinski definition) is 6. The second-order valence-electron chi connectivity index (χ2n) is 4.43. The second-order valence-corrected chi connectivity index (χ2v) is 4.43. The average Bonchev–Trinajstić information content (AvgIpc) is 2.94. The highest BCUT2D eigenvalue weighted by Gasteiger charge is 2.10. The summed E-state index contributed by atoms with van der Waals surface area (Å²) in [4.78, 5) is 21.6. The highest BCUT2D eigenvalue weighted by atomic mass is 16.6. The van der Waals surface area contributed by atoms with Gasteiger partial charge in [0, 0.05) is 0 Å². The molecule has 0 saturated carbocycles. The molecule has 9 nitrogen and oxygen atoms in total. The van der Waals surface area contributed by atoms with Crippen molar-refractivity contribution in [3.63, 3.8) is 0 Å². The molecule has 0 saturated heterocycles. The number of amides is 1. The first kappa shape index (κ1) is 15.2. The molecule has 0 bridgehead atoms. The van der Waals surface area contributed by atoms with Gasteiger partial charge in [-0.3, -0.25) is 19.6 Å². The third kappa shape index (κ3) is 3.88. The molecule has 0 fully saturated rings. The first-order valence-corrected chi connectivity index (χ1v) is 6.25. The van der Waals surface area contributed by atoms with E-state index in [1.54, 1.807) is 19.1 Å². The Hall–Kier alpha value is -3.23. The zero-order chi connectivity index (χ0) is 16.1. The van der Waals surface area contributed by atoms with Gasteiger partial charge in [0.2, 0.25) is 0 Å². The van der Waals surface area contributed by atoms with E-state index in [1.165, 1.54) is 12.1 Å². The van der Waals surface area contributed by atoms with Gasteiger partial charge in [-0.1, -0.05) is 0 Å². The number of carbonyl (C=O) groups is 1. The third-order valence-corrected chi connectivity index (χ3v) is 2.77. The predicted molar refractivity (Wildman–Crippen MR) is 77.3 cm³/mol. The molecule has 2 rings (SSSR count). The van der Waals surface area contributed by atoms with E-state index in [9.17, 15) is 20.0 Å². The van der Waals surface area contributed by atoms with E-state index in [4.69, 9.17) is 0 Å². The molecule has 0 radical (unpaired) electrons. The Balaban J connectivity index is 1.95. The van der Waals surface area contributed by atoms with Crippen LogP contribution in [0.5, 0.6) is 5.75 Å². The standard InChI is InChI=1S/C13H13N5O4/c1-9(10-2-4-12(19)5-3-10)15-16-13(20)8-17-7-11(6-14-17)18(21)22/h2-7,19H,8H2,1H3,(H,16,20)/b15-9-. The molecule has 114 valence electrons. The summed E-state index contributed by atoms with van der Waals surface area (Å²) < 4.78 is 1.15. The molecule has 2 N–H and O–H groups in total. The number of carbonyl (C=O) groups excluding carboxylic acids is 1. The van der Waals surface area contributed by atoms with Gasteiger partial charge in [-0.25, -0.2) is 5.43 Å². The molecular formula is C13H13N5O4. The van der Waals surface area contributed by atoms with Crippen molar-refractivity contribution in [1.82, 2.24) is 15.2 Å². The summed E-state index contributed by atoms with van der Waals surface area (Å²) in [6.07, 6.45) is 2.23. The summed E-state index contributed by atoms with van der Waals surface area (Å²) in [5.74, 6) is -0.322. The van der Waals surface area contributed by atoms with E-state index < -0.39 is 10.8 Å². The van der Waals surface area contributed by atoms with Crippen molar-refractivity contribution in [1.29, 1.82) is 0 Å². The minimum Gasteiger partial charge on any atom is -0.508 e. The number of nitro groups is 1. The number of phenols is 1. The summed E-state index contributed by atoms with van der Waals surface area (Å²) in [6, 6.07) is 6.35. The number of phenolic OH excluding ortho intramolecular Hbond substituents is 1. The quantitative estimate of drug-likeness (QED) is 0.485. The number of aromatic hydroxyl groups is 1. The first-order chi connectivity index (χ1) is 10.5. The van der Waals surface area contributed by atoms with E-state index in [0.717, 1.165) is 22.6 Å². The van der Waals surface area contributed by atoms with E-state index in [0.29, 0.717) is 5.71 Å². The van der Waals surface area contributed by atoms with E-state index in [1.807, 2.05) is 0 Å². The molecule has 0 unspecified atom stereocenters. The van der Waals surface area contributed by atoms with E-state index in [-0.39, 0.29) is 18.0 Å². The molecule has 0 aliphatic rings. The molecular weight excluding hydrogens is 290 g/mol. The number of rotatable bonds is 5. The van der Waals surface area contributed by atoms with Gasteiger partial charge < -0.3 is 5.11 Å². The van der Waals surface area contributed by atoms with Crippen molar-refractivity contribution < 1.29 is 14.8 Å². The lowest BCUT2D eigenvalue weighted by molar-refractivity contribution is -0.385. The van der Waals surface area contributed by atoms with E-state index >= 15 is 0 Å². The number of nitrogens with one attached hydrogen (secondary N) is 1. The van der Waals surface area contributed by atoms with Crippen molar-refractivity contribution in [2.24, 2.45) is 5.10 Å². The summed E-state index contributed by atoms with van der Waals surface area (Å²) in [7, 11) is 0. The van der Waals surface area contributed by atoms with Crippen molar-refractivity contribution in [2.45, 2.75) is 13.5 Å². The second kappa shape index (κ2) is 6.48. The average molecular weight is 303 g/mol. The molecule has 0 atom stereocenters. The minimum atomic E-state index is -0.589. The Morgan fingerprint density at radius 3 is 2.73 bits per heavy atom. The van der Waals surface area contributed by atoms with Gasteiger partial charge in [0.05, 0.1) is 10.6 Å². The number of benzene rings is 1. The van der Waals surface area contributed by atoms with Crippen LogP contribution in [0.3, 0.4) is 0 Å². The van der Waals surface area contributed by atoms with Crippen LogP contribution in [0.1, 0.15) is 12.5 Å². The lowest BCUT2D eigenvalue weighted by Gasteiger charge is -2.03. The zero-order valence-corrected chi connectivity index (χ0v) is 11.6. The maximum Gasteiger partial charge on any atom is 0.307 e. The fraction of sp³-hybridized carbons (Fsp3) is 0.154. The van der Waals surface area contributed by atoms with Crippen LogP contribution in [-0.4, -0.2) is 31.4 Å². The summed E-state index contributed by atoms with van der Waals surface area (Å²) in [5.41, 5.74) is 3.45. The Labute approximate surface area is 125 Å². The van der Waals surface area contributed by atoms with Crippen molar-refractivity contribution in [3.8, 4) is 5.75 Å². The predicted octanol–water partition coefficient (Wildman–Crippen LogP) is 1.04. The Morgan fingerprint density at radius 1 is 1.45 bits per heavy atom. The molecule has 1 heterocycles. The van der Waals surface area contributed by atoms with Crippen molar-refractivity contribution in [3.05, 3.63) is 52.3 Å². The fourth-order valence-electron chi connectivity index (χ4n) is 1.63. The number of aromatic nitrogens is 2. The number of hydrogen-bond donors (Lipinski definition) is 2. The highest BCUT2D eigenvalue weighted by Crippen LogP contribution is 2.10. The van der Waals surface area contributed by atoms with Crippen LogP contribution in [0, 0.1) is 10.1 Å². The van der Waals surface area contributed by atoms with Crippen molar-refractivity contribution >= 4 is 17.3 Å². The lowest BCUT2D eigenvalue weighted by atomic mass is 10.1. The summed E-state index contributed by atoms with van der Waals surface area (Å²) >= 11 is 0. The van der Waals surface area contributed by atoms with Gasteiger partial charge in [0.15, 0.2) is 0 Å².